The lowest BCUT2D eigenvalue weighted by Gasteiger charge is -2.29. The third-order valence-corrected chi connectivity index (χ3v) is 4.03. The zero-order chi connectivity index (χ0) is 14.7. The average Bonchev–Trinajstić information content (AvgIpc) is 2.85. The van der Waals surface area contributed by atoms with Crippen molar-refractivity contribution in [3.63, 3.8) is 0 Å². The number of nitrogens with zero attached hydrogens (tertiary/aromatic N) is 3. The Balaban J connectivity index is 2.18. The van der Waals surface area contributed by atoms with Gasteiger partial charge >= 0.3 is 5.97 Å². The molecule has 0 aromatic carbocycles. The van der Waals surface area contributed by atoms with Gasteiger partial charge in [-0.3, -0.25) is 4.90 Å². The number of aromatic nitrogens is 1. The summed E-state index contributed by atoms with van der Waals surface area (Å²) in [6.07, 6.45) is 2.34. The fraction of sp³-hybridized carbons (Fsp3) is 0.571. The van der Waals surface area contributed by atoms with Crippen LogP contribution in [0.4, 0.5) is 5.82 Å². The molecule has 1 aliphatic heterocycles. The number of carboxylic acids is 1. The SMILES string of the molecule is CCN1CCCC1CN(C)c1nc(Cl)ccc1C(=O)O. The van der Waals surface area contributed by atoms with Crippen LogP contribution >= 0.6 is 11.6 Å². The standard InChI is InChI=1S/C14H20ClN3O2/c1-3-18-8-4-5-10(18)9-17(2)13-11(14(19)20)6-7-12(15)16-13/h6-7,10H,3-5,8-9H2,1-2H3,(H,19,20). The topological polar surface area (TPSA) is 56.7 Å². The molecule has 0 aliphatic carbocycles. The molecule has 1 unspecified atom stereocenters. The van der Waals surface area contributed by atoms with Crippen molar-refractivity contribution in [2.24, 2.45) is 0 Å². The number of halogens is 1. The highest BCUT2D eigenvalue weighted by Gasteiger charge is 2.26. The van der Waals surface area contributed by atoms with Crippen LogP contribution in [0.3, 0.4) is 0 Å². The Morgan fingerprint density at radius 1 is 1.60 bits per heavy atom. The molecule has 1 atom stereocenters. The number of carbonyl (C=O) groups is 1. The van der Waals surface area contributed by atoms with E-state index in [2.05, 4.69) is 16.8 Å². The van der Waals surface area contributed by atoms with Gasteiger partial charge in [0, 0.05) is 19.6 Å². The fourth-order valence-electron chi connectivity index (χ4n) is 2.80. The molecule has 5 nitrogen and oxygen atoms in total. The molecule has 2 rings (SSSR count). The molecule has 1 fully saturated rings. The van der Waals surface area contributed by atoms with Gasteiger partial charge in [0.05, 0.1) is 0 Å². The lowest BCUT2D eigenvalue weighted by molar-refractivity contribution is 0.0697. The van der Waals surface area contributed by atoms with Crippen molar-refractivity contribution in [1.29, 1.82) is 0 Å². The predicted octanol–water partition coefficient (Wildman–Crippen LogP) is 2.35. The van der Waals surface area contributed by atoms with Crippen LogP contribution in [-0.2, 0) is 0 Å². The van der Waals surface area contributed by atoms with E-state index < -0.39 is 5.97 Å². The zero-order valence-corrected chi connectivity index (χ0v) is 12.6. The molecular formula is C14H20ClN3O2. The highest BCUT2D eigenvalue weighted by Crippen LogP contribution is 2.23. The molecular weight excluding hydrogens is 278 g/mol. The summed E-state index contributed by atoms with van der Waals surface area (Å²) in [6, 6.07) is 3.47. The van der Waals surface area contributed by atoms with E-state index in [1.54, 1.807) is 0 Å². The zero-order valence-electron chi connectivity index (χ0n) is 11.8. The normalized spacial score (nSPS) is 19.2. The quantitative estimate of drug-likeness (QED) is 0.846. The molecule has 0 spiro atoms. The van der Waals surface area contributed by atoms with Crippen molar-refractivity contribution in [2.45, 2.75) is 25.8 Å². The van der Waals surface area contributed by atoms with Crippen LogP contribution in [0.5, 0.6) is 0 Å². The Labute approximate surface area is 124 Å². The first-order valence-corrected chi connectivity index (χ1v) is 7.25. The Morgan fingerprint density at radius 3 is 3.00 bits per heavy atom. The lowest BCUT2D eigenvalue weighted by Crippen LogP contribution is -2.39. The summed E-state index contributed by atoms with van der Waals surface area (Å²) in [6.45, 7) is 5.05. The van der Waals surface area contributed by atoms with Crippen molar-refractivity contribution >= 4 is 23.4 Å². The second kappa shape index (κ2) is 6.41. The molecule has 2 heterocycles. The van der Waals surface area contributed by atoms with Gasteiger partial charge < -0.3 is 10.0 Å². The van der Waals surface area contributed by atoms with Gasteiger partial charge in [-0.15, -0.1) is 0 Å². The predicted molar refractivity (Wildman–Crippen MR) is 79.7 cm³/mol. The van der Waals surface area contributed by atoms with Gasteiger partial charge in [0.25, 0.3) is 0 Å². The van der Waals surface area contributed by atoms with E-state index in [-0.39, 0.29) is 5.56 Å². The highest BCUT2D eigenvalue weighted by molar-refractivity contribution is 6.29. The number of likely N-dealkylation sites (N-methyl/N-ethyl adjacent to an activating group) is 2. The minimum atomic E-state index is -0.977. The van der Waals surface area contributed by atoms with Crippen LogP contribution in [0.1, 0.15) is 30.1 Å². The molecule has 1 aliphatic rings. The lowest BCUT2D eigenvalue weighted by atomic mass is 10.2. The largest absolute Gasteiger partial charge is 0.478 e. The third-order valence-electron chi connectivity index (χ3n) is 3.82. The summed E-state index contributed by atoms with van der Waals surface area (Å²) >= 11 is 5.90. The van der Waals surface area contributed by atoms with E-state index in [1.165, 1.54) is 18.6 Å². The summed E-state index contributed by atoms with van der Waals surface area (Å²) in [5.74, 6) is -0.539. The Kier molecular flexibility index (Phi) is 4.83. The first kappa shape index (κ1) is 15.1. The van der Waals surface area contributed by atoms with E-state index in [0.29, 0.717) is 17.0 Å². The van der Waals surface area contributed by atoms with Crippen molar-refractivity contribution in [3.8, 4) is 0 Å². The van der Waals surface area contributed by atoms with Crippen LogP contribution in [0.2, 0.25) is 5.15 Å². The average molecular weight is 298 g/mol. The van der Waals surface area contributed by atoms with Crippen LogP contribution < -0.4 is 4.90 Å². The first-order chi connectivity index (χ1) is 9.52. The molecule has 1 N–H and O–H groups in total. The summed E-state index contributed by atoms with van der Waals surface area (Å²) in [5.41, 5.74) is 0.193. The van der Waals surface area contributed by atoms with E-state index in [1.807, 2.05) is 11.9 Å². The van der Waals surface area contributed by atoms with E-state index in [4.69, 9.17) is 11.6 Å². The Morgan fingerprint density at radius 2 is 2.35 bits per heavy atom. The van der Waals surface area contributed by atoms with Gasteiger partial charge in [-0.2, -0.15) is 0 Å². The molecule has 0 radical (unpaired) electrons. The second-order valence-electron chi connectivity index (χ2n) is 5.12. The van der Waals surface area contributed by atoms with Gasteiger partial charge in [0.2, 0.25) is 0 Å². The summed E-state index contributed by atoms with van der Waals surface area (Å²) in [5, 5.41) is 9.56. The Bertz CT molecular complexity index is 495. The van der Waals surface area contributed by atoms with E-state index in [0.717, 1.165) is 26.1 Å². The van der Waals surface area contributed by atoms with Gasteiger partial charge in [0.15, 0.2) is 0 Å². The molecule has 0 amide bonds. The summed E-state index contributed by atoms with van der Waals surface area (Å²) in [7, 11) is 1.87. The van der Waals surface area contributed by atoms with Crippen molar-refractivity contribution in [1.82, 2.24) is 9.88 Å². The molecule has 1 aromatic rings. The molecule has 110 valence electrons. The van der Waals surface area contributed by atoms with E-state index >= 15 is 0 Å². The summed E-state index contributed by atoms with van der Waals surface area (Å²) in [4.78, 5) is 19.8. The van der Waals surface area contributed by atoms with Crippen molar-refractivity contribution in [2.75, 3.05) is 31.6 Å². The molecule has 1 aromatic heterocycles. The smallest absolute Gasteiger partial charge is 0.339 e. The maximum Gasteiger partial charge on any atom is 0.339 e. The maximum atomic E-state index is 11.3. The van der Waals surface area contributed by atoms with Crippen LogP contribution in [0.15, 0.2) is 12.1 Å². The van der Waals surface area contributed by atoms with Crippen molar-refractivity contribution < 1.29 is 9.90 Å². The number of hydrogen-bond donors (Lipinski definition) is 1. The first-order valence-electron chi connectivity index (χ1n) is 6.88. The summed E-state index contributed by atoms with van der Waals surface area (Å²) < 4.78 is 0. The van der Waals surface area contributed by atoms with Gasteiger partial charge in [-0.1, -0.05) is 18.5 Å². The molecule has 1 saturated heterocycles. The second-order valence-corrected chi connectivity index (χ2v) is 5.50. The number of aromatic carboxylic acids is 1. The Hall–Kier alpha value is -1.33. The number of carboxylic acid groups (broad SMARTS) is 1. The molecule has 6 heteroatoms. The number of pyridine rings is 1. The monoisotopic (exact) mass is 297 g/mol. The molecule has 20 heavy (non-hydrogen) atoms. The number of hydrogen-bond acceptors (Lipinski definition) is 4. The van der Waals surface area contributed by atoms with Gasteiger partial charge in [-0.05, 0) is 38.1 Å². The molecule has 0 saturated carbocycles. The van der Waals surface area contributed by atoms with Crippen LogP contribution in [-0.4, -0.2) is 53.7 Å². The minimum absolute atomic E-state index is 0.193. The van der Waals surface area contributed by atoms with Gasteiger partial charge in [0.1, 0.15) is 16.5 Å². The number of anilines is 1. The number of likely N-dealkylation sites (tertiary alicyclic amines) is 1. The minimum Gasteiger partial charge on any atom is -0.478 e. The highest BCUT2D eigenvalue weighted by atomic mass is 35.5. The van der Waals surface area contributed by atoms with Gasteiger partial charge in [-0.25, -0.2) is 9.78 Å². The van der Waals surface area contributed by atoms with Crippen LogP contribution in [0, 0.1) is 0 Å². The third kappa shape index (κ3) is 3.22. The van der Waals surface area contributed by atoms with E-state index in [9.17, 15) is 9.90 Å². The van der Waals surface area contributed by atoms with Crippen molar-refractivity contribution in [3.05, 3.63) is 22.8 Å². The van der Waals surface area contributed by atoms with Crippen LogP contribution in [0.25, 0.3) is 0 Å². The molecule has 0 bridgehead atoms. The fourth-order valence-corrected chi connectivity index (χ4v) is 2.95. The maximum absolute atomic E-state index is 11.3. The number of rotatable bonds is 5.